The minimum atomic E-state index is 0.149. The Bertz CT molecular complexity index is 1070. The molecule has 1 aromatic carbocycles. The SMILES string of the molecule is CN(C)CCOc1ccc(C2CCN(Cc3cc4cnc(N)nc4n3CC(C)(C)C)CC2)cc1. The summed E-state index contributed by atoms with van der Waals surface area (Å²) in [5.74, 6) is 1.90. The Morgan fingerprint density at radius 2 is 1.82 bits per heavy atom. The molecule has 1 fully saturated rings. The number of aromatic nitrogens is 3. The predicted octanol–water partition coefficient (Wildman–Crippen LogP) is 4.38. The molecule has 0 radical (unpaired) electrons. The highest BCUT2D eigenvalue weighted by molar-refractivity contribution is 5.77. The van der Waals surface area contributed by atoms with Gasteiger partial charge in [0.1, 0.15) is 18.0 Å². The molecule has 0 saturated carbocycles. The van der Waals surface area contributed by atoms with Gasteiger partial charge in [-0.05, 0) is 75.1 Å². The number of likely N-dealkylation sites (tertiary alicyclic amines) is 1. The van der Waals surface area contributed by atoms with Crippen molar-refractivity contribution in [2.45, 2.75) is 52.6 Å². The summed E-state index contributed by atoms with van der Waals surface area (Å²) in [5.41, 5.74) is 9.72. The van der Waals surface area contributed by atoms with Crippen LogP contribution in [0.1, 0.15) is 50.8 Å². The molecule has 1 aliphatic rings. The summed E-state index contributed by atoms with van der Waals surface area (Å²) < 4.78 is 8.19. The standard InChI is InChI=1S/C27H40N6O/c1-27(2,3)19-33-23(16-22-17-29-26(28)30-25(22)33)18-32-12-10-21(11-13-32)20-6-8-24(9-7-20)34-15-14-31(4)5/h6-9,16-17,21H,10-15,18-19H2,1-5H3,(H2,28,29,30). The zero-order valence-electron chi connectivity index (χ0n) is 21.4. The third-order valence-corrected chi connectivity index (χ3v) is 6.50. The monoisotopic (exact) mass is 464 g/mol. The number of piperidine rings is 1. The van der Waals surface area contributed by atoms with Gasteiger partial charge in [0, 0.05) is 36.9 Å². The van der Waals surface area contributed by atoms with Gasteiger partial charge in [-0.1, -0.05) is 32.9 Å². The van der Waals surface area contributed by atoms with E-state index in [1.165, 1.54) is 24.1 Å². The highest BCUT2D eigenvalue weighted by Gasteiger charge is 2.23. The fourth-order valence-electron chi connectivity index (χ4n) is 4.72. The first-order valence-corrected chi connectivity index (χ1v) is 12.4. The second-order valence-electron chi connectivity index (χ2n) is 11.1. The molecule has 1 aliphatic heterocycles. The van der Waals surface area contributed by atoms with Crippen molar-refractivity contribution in [3.05, 3.63) is 47.8 Å². The maximum atomic E-state index is 5.91. The van der Waals surface area contributed by atoms with E-state index in [0.29, 0.717) is 11.9 Å². The average Bonchev–Trinajstić information content (AvgIpc) is 3.09. The van der Waals surface area contributed by atoms with Crippen molar-refractivity contribution in [3.8, 4) is 5.75 Å². The Balaban J connectivity index is 1.38. The highest BCUT2D eigenvalue weighted by Crippen LogP contribution is 2.31. The molecule has 2 aromatic heterocycles. The Morgan fingerprint density at radius 3 is 2.47 bits per heavy atom. The van der Waals surface area contributed by atoms with E-state index in [-0.39, 0.29) is 5.41 Å². The second-order valence-corrected chi connectivity index (χ2v) is 11.1. The minimum absolute atomic E-state index is 0.149. The number of benzene rings is 1. The van der Waals surface area contributed by atoms with Gasteiger partial charge in [0.15, 0.2) is 0 Å². The molecule has 1 saturated heterocycles. The van der Waals surface area contributed by atoms with Gasteiger partial charge in [-0.25, -0.2) is 4.98 Å². The van der Waals surface area contributed by atoms with E-state index in [9.17, 15) is 0 Å². The Labute approximate surface area is 203 Å². The van der Waals surface area contributed by atoms with Crippen LogP contribution in [0, 0.1) is 5.41 Å². The van der Waals surface area contributed by atoms with E-state index < -0.39 is 0 Å². The first kappa shape index (κ1) is 24.5. The number of hydrogen-bond acceptors (Lipinski definition) is 6. The van der Waals surface area contributed by atoms with Crippen molar-refractivity contribution >= 4 is 17.0 Å². The van der Waals surface area contributed by atoms with Crippen molar-refractivity contribution in [1.82, 2.24) is 24.3 Å². The van der Waals surface area contributed by atoms with Crippen LogP contribution in [0.5, 0.6) is 5.75 Å². The lowest BCUT2D eigenvalue weighted by atomic mass is 9.89. The van der Waals surface area contributed by atoms with Gasteiger partial charge in [-0.15, -0.1) is 0 Å². The summed E-state index contributed by atoms with van der Waals surface area (Å²) in [6, 6.07) is 11.0. The van der Waals surface area contributed by atoms with E-state index in [1.807, 2.05) is 6.20 Å². The smallest absolute Gasteiger partial charge is 0.221 e. The van der Waals surface area contributed by atoms with E-state index in [4.69, 9.17) is 10.5 Å². The second kappa shape index (κ2) is 10.3. The molecular weight excluding hydrogens is 424 g/mol. The summed E-state index contributed by atoms with van der Waals surface area (Å²) in [6.07, 6.45) is 4.20. The number of nitrogens with zero attached hydrogens (tertiary/aromatic N) is 5. The molecule has 3 heterocycles. The zero-order valence-corrected chi connectivity index (χ0v) is 21.4. The fraction of sp³-hybridized carbons (Fsp3) is 0.556. The molecule has 7 heteroatoms. The Morgan fingerprint density at radius 1 is 1.12 bits per heavy atom. The van der Waals surface area contributed by atoms with Crippen LogP contribution >= 0.6 is 0 Å². The first-order chi connectivity index (χ1) is 16.2. The Kier molecular flexibility index (Phi) is 7.43. The van der Waals surface area contributed by atoms with Gasteiger partial charge in [0.25, 0.3) is 0 Å². The normalized spacial score (nSPS) is 15.9. The molecule has 0 aliphatic carbocycles. The molecule has 184 valence electrons. The van der Waals surface area contributed by atoms with Gasteiger partial charge < -0.3 is 19.9 Å². The van der Waals surface area contributed by atoms with Gasteiger partial charge >= 0.3 is 0 Å². The van der Waals surface area contributed by atoms with E-state index in [2.05, 4.69) is 89.5 Å². The summed E-state index contributed by atoms with van der Waals surface area (Å²) in [5, 5.41) is 1.07. The third-order valence-electron chi connectivity index (χ3n) is 6.50. The van der Waals surface area contributed by atoms with Crippen LogP contribution in [0.15, 0.2) is 36.5 Å². The number of fused-ring (bicyclic) bond motifs is 1. The quantitative estimate of drug-likeness (QED) is 0.533. The van der Waals surface area contributed by atoms with Crippen molar-refractivity contribution in [2.24, 2.45) is 5.41 Å². The van der Waals surface area contributed by atoms with Crippen LogP contribution in [0.2, 0.25) is 0 Å². The molecule has 3 aromatic rings. The zero-order chi connectivity index (χ0) is 24.3. The van der Waals surface area contributed by atoms with E-state index in [1.54, 1.807) is 0 Å². The van der Waals surface area contributed by atoms with Crippen LogP contribution in [0.3, 0.4) is 0 Å². The number of rotatable bonds is 8. The van der Waals surface area contributed by atoms with Crippen LogP contribution in [-0.2, 0) is 13.1 Å². The molecule has 0 amide bonds. The molecule has 0 unspecified atom stereocenters. The lowest BCUT2D eigenvalue weighted by Gasteiger charge is -2.33. The van der Waals surface area contributed by atoms with Gasteiger partial charge in [0.2, 0.25) is 5.95 Å². The maximum absolute atomic E-state index is 5.91. The van der Waals surface area contributed by atoms with E-state index >= 15 is 0 Å². The van der Waals surface area contributed by atoms with Crippen LogP contribution in [0.4, 0.5) is 5.95 Å². The van der Waals surface area contributed by atoms with Gasteiger partial charge in [-0.3, -0.25) is 4.90 Å². The van der Waals surface area contributed by atoms with Crippen molar-refractivity contribution in [2.75, 3.05) is 46.1 Å². The van der Waals surface area contributed by atoms with Crippen LogP contribution < -0.4 is 10.5 Å². The van der Waals surface area contributed by atoms with Gasteiger partial charge in [0.05, 0.1) is 0 Å². The number of anilines is 1. The van der Waals surface area contributed by atoms with Crippen molar-refractivity contribution in [1.29, 1.82) is 0 Å². The van der Waals surface area contributed by atoms with Crippen LogP contribution in [-0.4, -0.2) is 64.7 Å². The topological polar surface area (TPSA) is 72.4 Å². The maximum Gasteiger partial charge on any atom is 0.221 e. The Hall–Kier alpha value is -2.64. The predicted molar refractivity (Wildman–Crippen MR) is 139 cm³/mol. The molecule has 7 nitrogen and oxygen atoms in total. The third kappa shape index (κ3) is 6.27. The molecule has 4 rings (SSSR count). The summed E-state index contributed by atoms with van der Waals surface area (Å²) in [4.78, 5) is 13.5. The molecular formula is C27H40N6O. The number of hydrogen-bond donors (Lipinski definition) is 1. The highest BCUT2D eigenvalue weighted by atomic mass is 16.5. The molecule has 2 N–H and O–H groups in total. The number of likely N-dealkylation sites (N-methyl/N-ethyl adjacent to an activating group) is 1. The lowest BCUT2D eigenvalue weighted by Crippen LogP contribution is -2.33. The lowest BCUT2D eigenvalue weighted by molar-refractivity contribution is 0.198. The van der Waals surface area contributed by atoms with E-state index in [0.717, 1.165) is 56.1 Å². The summed E-state index contributed by atoms with van der Waals surface area (Å²) in [7, 11) is 4.13. The molecule has 0 spiro atoms. The minimum Gasteiger partial charge on any atom is -0.492 e. The molecule has 0 atom stereocenters. The fourth-order valence-corrected chi connectivity index (χ4v) is 4.72. The van der Waals surface area contributed by atoms with Crippen molar-refractivity contribution in [3.63, 3.8) is 0 Å². The number of ether oxygens (including phenoxy) is 1. The van der Waals surface area contributed by atoms with Crippen LogP contribution in [0.25, 0.3) is 11.0 Å². The summed E-state index contributed by atoms with van der Waals surface area (Å²) in [6.45, 7) is 12.4. The first-order valence-electron chi connectivity index (χ1n) is 12.4. The average molecular weight is 465 g/mol. The van der Waals surface area contributed by atoms with Gasteiger partial charge in [-0.2, -0.15) is 4.98 Å². The number of nitrogens with two attached hydrogens (primary N) is 1. The molecule has 34 heavy (non-hydrogen) atoms. The largest absolute Gasteiger partial charge is 0.492 e. The molecule has 0 bridgehead atoms. The van der Waals surface area contributed by atoms with Crippen molar-refractivity contribution < 1.29 is 4.74 Å². The number of nitrogen functional groups attached to an aromatic ring is 1. The summed E-state index contributed by atoms with van der Waals surface area (Å²) >= 11 is 0.